The lowest BCUT2D eigenvalue weighted by molar-refractivity contribution is -0.126. The first kappa shape index (κ1) is 14.5. The van der Waals surface area contributed by atoms with E-state index in [0.29, 0.717) is 12.8 Å². The molecule has 1 heterocycles. The molecule has 1 aromatic carbocycles. The molecule has 0 aliphatic heterocycles. The fourth-order valence-corrected chi connectivity index (χ4v) is 3.87. The van der Waals surface area contributed by atoms with Gasteiger partial charge in [0.15, 0.2) is 0 Å². The first-order valence-corrected chi connectivity index (χ1v) is 8.22. The predicted octanol–water partition coefficient (Wildman–Crippen LogP) is 1.60. The first-order valence-electron chi connectivity index (χ1n) is 8.22. The van der Waals surface area contributed by atoms with Crippen LogP contribution in [0.5, 0.6) is 0 Å². The Hall–Kier alpha value is -2.14. The molecule has 0 radical (unpaired) electrons. The summed E-state index contributed by atoms with van der Waals surface area (Å²) in [6.07, 6.45) is 2.42. The second-order valence-electron chi connectivity index (χ2n) is 6.64. The van der Waals surface area contributed by atoms with Crippen molar-refractivity contribution in [1.29, 1.82) is 0 Å². The van der Waals surface area contributed by atoms with Gasteiger partial charge in [-0.25, -0.2) is 4.98 Å². The van der Waals surface area contributed by atoms with Gasteiger partial charge in [0.2, 0.25) is 5.91 Å². The molecule has 23 heavy (non-hydrogen) atoms. The highest BCUT2D eigenvalue weighted by molar-refractivity contribution is 5.80. The highest BCUT2D eigenvalue weighted by Crippen LogP contribution is 2.32. The third-order valence-corrected chi connectivity index (χ3v) is 5.04. The molecule has 2 aromatic rings. The molecule has 0 bridgehead atoms. The molecule has 120 valence electrons. The van der Waals surface area contributed by atoms with Crippen molar-refractivity contribution in [3.63, 3.8) is 0 Å². The van der Waals surface area contributed by atoms with E-state index in [2.05, 4.69) is 15.3 Å². The third kappa shape index (κ3) is 2.55. The number of imidazole rings is 1. The Bertz CT molecular complexity index is 752. The van der Waals surface area contributed by atoms with Gasteiger partial charge in [-0.05, 0) is 30.9 Å². The van der Waals surface area contributed by atoms with Crippen LogP contribution in [-0.4, -0.2) is 27.1 Å². The normalized spacial score (nSPS) is 25.7. The summed E-state index contributed by atoms with van der Waals surface area (Å²) in [5.74, 6) is 0.891. The van der Waals surface area contributed by atoms with Gasteiger partial charge in [0.05, 0.1) is 17.8 Å². The number of H-pyrrole nitrogens is 1. The SMILES string of the molecule is Cc1nc2c([nH]1)C[C@H](C(=O)N[C@H]1c3ccccc3C[C@H]1O)CC2. The van der Waals surface area contributed by atoms with Gasteiger partial charge in [-0.2, -0.15) is 0 Å². The summed E-state index contributed by atoms with van der Waals surface area (Å²) in [5.41, 5.74) is 4.35. The van der Waals surface area contributed by atoms with Crippen LogP contribution in [0.3, 0.4) is 0 Å². The molecular weight excluding hydrogens is 290 g/mol. The number of benzene rings is 1. The zero-order valence-electron chi connectivity index (χ0n) is 13.2. The summed E-state index contributed by atoms with van der Waals surface area (Å²) < 4.78 is 0. The quantitative estimate of drug-likeness (QED) is 0.788. The van der Waals surface area contributed by atoms with Gasteiger partial charge in [0, 0.05) is 24.5 Å². The first-order chi connectivity index (χ1) is 11.1. The topological polar surface area (TPSA) is 78.0 Å². The maximum Gasteiger partial charge on any atom is 0.224 e. The van der Waals surface area contributed by atoms with E-state index in [-0.39, 0.29) is 17.9 Å². The Morgan fingerprint density at radius 3 is 3.04 bits per heavy atom. The fourth-order valence-electron chi connectivity index (χ4n) is 3.87. The maximum atomic E-state index is 12.7. The number of rotatable bonds is 2. The highest BCUT2D eigenvalue weighted by atomic mass is 16.3. The lowest BCUT2D eigenvalue weighted by Gasteiger charge is -2.24. The zero-order chi connectivity index (χ0) is 16.0. The fraction of sp³-hybridized carbons (Fsp3) is 0.444. The molecule has 1 amide bonds. The number of carbonyl (C=O) groups is 1. The van der Waals surface area contributed by atoms with Crippen molar-refractivity contribution in [2.75, 3.05) is 0 Å². The average Bonchev–Trinajstić information content (AvgIpc) is 3.06. The average molecular weight is 311 g/mol. The summed E-state index contributed by atoms with van der Waals surface area (Å²) in [6, 6.07) is 7.65. The molecule has 0 saturated carbocycles. The number of nitrogens with one attached hydrogen (secondary N) is 2. The van der Waals surface area contributed by atoms with Gasteiger partial charge in [0.25, 0.3) is 0 Å². The van der Waals surface area contributed by atoms with E-state index in [0.717, 1.165) is 41.2 Å². The minimum absolute atomic E-state index is 0.0312. The van der Waals surface area contributed by atoms with Crippen LogP contribution in [0.15, 0.2) is 24.3 Å². The van der Waals surface area contributed by atoms with Crippen LogP contribution in [-0.2, 0) is 24.1 Å². The molecule has 0 saturated heterocycles. The summed E-state index contributed by atoms with van der Waals surface area (Å²) in [7, 11) is 0. The third-order valence-electron chi connectivity index (χ3n) is 5.04. The lowest BCUT2D eigenvalue weighted by atomic mass is 9.89. The number of nitrogens with zero attached hydrogens (tertiary/aromatic N) is 1. The Morgan fingerprint density at radius 1 is 1.35 bits per heavy atom. The number of aromatic amines is 1. The van der Waals surface area contributed by atoms with Crippen molar-refractivity contribution >= 4 is 5.91 Å². The van der Waals surface area contributed by atoms with Crippen molar-refractivity contribution in [2.45, 2.75) is 44.8 Å². The standard InChI is InChI=1S/C18H21N3O2/c1-10-19-14-7-6-12(8-15(14)20-10)18(23)21-17-13-5-3-2-4-11(13)9-16(17)22/h2-5,12,16-17,22H,6-9H2,1H3,(H,19,20)(H,21,23)/t12-,16-,17+/m1/s1. The molecule has 3 atom stereocenters. The molecule has 3 N–H and O–H groups in total. The van der Waals surface area contributed by atoms with Gasteiger partial charge in [0.1, 0.15) is 5.82 Å². The van der Waals surface area contributed by atoms with Crippen molar-refractivity contribution < 1.29 is 9.90 Å². The van der Waals surface area contributed by atoms with Crippen LogP contribution in [0.25, 0.3) is 0 Å². The van der Waals surface area contributed by atoms with Crippen LogP contribution >= 0.6 is 0 Å². The Morgan fingerprint density at radius 2 is 2.17 bits per heavy atom. The van der Waals surface area contributed by atoms with Crippen molar-refractivity contribution in [3.8, 4) is 0 Å². The maximum absolute atomic E-state index is 12.7. The van der Waals surface area contributed by atoms with E-state index in [4.69, 9.17) is 0 Å². The zero-order valence-corrected chi connectivity index (χ0v) is 13.2. The van der Waals surface area contributed by atoms with Gasteiger partial charge in [-0.3, -0.25) is 4.79 Å². The Balaban J connectivity index is 1.49. The lowest BCUT2D eigenvalue weighted by Crippen LogP contribution is -2.39. The summed E-state index contributed by atoms with van der Waals surface area (Å²) in [4.78, 5) is 20.4. The summed E-state index contributed by atoms with van der Waals surface area (Å²) >= 11 is 0. The summed E-state index contributed by atoms with van der Waals surface area (Å²) in [6.45, 7) is 1.94. The Kier molecular flexibility index (Phi) is 3.45. The number of aliphatic hydroxyl groups excluding tert-OH is 1. The highest BCUT2D eigenvalue weighted by Gasteiger charge is 2.34. The van der Waals surface area contributed by atoms with Crippen molar-refractivity contribution in [1.82, 2.24) is 15.3 Å². The number of hydrogen-bond acceptors (Lipinski definition) is 3. The van der Waals surface area contributed by atoms with Crippen LogP contribution < -0.4 is 5.32 Å². The van der Waals surface area contributed by atoms with Gasteiger partial charge in [-0.1, -0.05) is 24.3 Å². The van der Waals surface area contributed by atoms with Gasteiger partial charge < -0.3 is 15.4 Å². The van der Waals surface area contributed by atoms with E-state index in [1.165, 1.54) is 0 Å². The monoisotopic (exact) mass is 311 g/mol. The second-order valence-corrected chi connectivity index (χ2v) is 6.64. The molecule has 2 aliphatic carbocycles. The Labute approximate surface area is 135 Å². The number of hydrogen-bond donors (Lipinski definition) is 3. The number of aromatic nitrogens is 2. The molecule has 1 aromatic heterocycles. The van der Waals surface area contributed by atoms with E-state index in [1.807, 2.05) is 31.2 Å². The minimum Gasteiger partial charge on any atom is -0.390 e. The number of aryl methyl sites for hydroxylation is 2. The minimum atomic E-state index is -0.537. The predicted molar refractivity (Wildman–Crippen MR) is 85.9 cm³/mol. The smallest absolute Gasteiger partial charge is 0.224 e. The second kappa shape index (κ2) is 5.49. The molecular formula is C18H21N3O2. The molecule has 0 spiro atoms. The molecule has 5 nitrogen and oxygen atoms in total. The molecule has 0 unspecified atom stereocenters. The molecule has 0 fully saturated rings. The van der Waals surface area contributed by atoms with E-state index in [9.17, 15) is 9.90 Å². The largest absolute Gasteiger partial charge is 0.390 e. The van der Waals surface area contributed by atoms with Crippen molar-refractivity contribution in [2.24, 2.45) is 5.92 Å². The van der Waals surface area contributed by atoms with E-state index < -0.39 is 6.10 Å². The summed E-state index contributed by atoms with van der Waals surface area (Å²) in [5, 5.41) is 13.4. The van der Waals surface area contributed by atoms with E-state index in [1.54, 1.807) is 0 Å². The van der Waals surface area contributed by atoms with Crippen molar-refractivity contribution in [3.05, 3.63) is 52.6 Å². The van der Waals surface area contributed by atoms with Crippen LogP contribution in [0, 0.1) is 12.8 Å². The molecule has 5 heteroatoms. The molecule has 4 rings (SSSR count). The van der Waals surface area contributed by atoms with Crippen LogP contribution in [0.4, 0.5) is 0 Å². The van der Waals surface area contributed by atoms with E-state index >= 15 is 0 Å². The van der Waals surface area contributed by atoms with Crippen LogP contribution in [0.2, 0.25) is 0 Å². The number of aliphatic hydroxyl groups is 1. The number of carbonyl (C=O) groups excluding carboxylic acids is 1. The van der Waals surface area contributed by atoms with Gasteiger partial charge >= 0.3 is 0 Å². The van der Waals surface area contributed by atoms with Crippen LogP contribution in [0.1, 0.15) is 40.8 Å². The number of fused-ring (bicyclic) bond motifs is 2. The van der Waals surface area contributed by atoms with Gasteiger partial charge in [-0.15, -0.1) is 0 Å². The number of amides is 1. The molecule has 2 aliphatic rings.